The van der Waals surface area contributed by atoms with Crippen molar-refractivity contribution >= 4 is 5.97 Å². The van der Waals surface area contributed by atoms with Crippen molar-refractivity contribution in [3.05, 3.63) is 119 Å². The molecule has 5 heteroatoms. The number of carbonyl (C=O) groups is 1. The summed E-state index contributed by atoms with van der Waals surface area (Å²) in [4.78, 5) is 11.5. The maximum atomic E-state index is 11.5. The molecule has 1 saturated carbocycles. The van der Waals surface area contributed by atoms with Crippen LogP contribution >= 0.6 is 0 Å². The lowest BCUT2D eigenvalue weighted by Gasteiger charge is -2.49. The number of rotatable bonds is 11. The summed E-state index contributed by atoms with van der Waals surface area (Å²) in [6.07, 6.45) is 28.7. The predicted octanol–water partition coefficient (Wildman–Crippen LogP) is 9.14. The van der Waals surface area contributed by atoms with Crippen LogP contribution in [0.25, 0.3) is 0 Å². The van der Waals surface area contributed by atoms with E-state index in [4.69, 9.17) is 4.74 Å². The van der Waals surface area contributed by atoms with Gasteiger partial charge < -0.3 is 20.1 Å². The molecule has 0 saturated heterocycles. The first-order valence-electron chi connectivity index (χ1n) is 16.8. The number of aliphatic hydroxyl groups is 3. The number of ether oxygens (including phenoxy) is 1. The van der Waals surface area contributed by atoms with Crippen molar-refractivity contribution in [3.8, 4) is 0 Å². The molecule has 0 bridgehead atoms. The third-order valence-electron chi connectivity index (χ3n) is 9.25. The highest BCUT2D eigenvalue weighted by atomic mass is 16.5. The molecular weight excluding hydrogens is 584 g/mol. The third-order valence-corrected chi connectivity index (χ3v) is 9.25. The summed E-state index contributed by atoms with van der Waals surface area (Å²) >= 11 is 0. The molecule has 2 aliphatic carbocycles. The highest BCUT2D eigenvalue weighted by Gasteiger charge is 2.48. The van der Waals surface area contributed by atoms with Gasteiger partial charge in [-0.15, -0.1) is 0 Å². The second-order valence-electron chi connectivity index (χ2n) is 15.1. The Bertz CT molecular complexity index is 1400. The molecule has 5 unspecified atom stereocenters. The lowest BCUT2D eigenvalue weighted by Crippen LogP contribution is -2.51. The minimum absolute atomic E-state index is 0.0577. The van der Waals surface area contributed by atoms with Gasteiger partial charge in [-0.25, -0.2) is 0 Å². The quantitative estimate of drug-likeness (QED) is 0.154. The monoisotopic (exact) mass is 644 g/mol. The number of aliphatic hydroxyl groups excluding tert-OH is 2. The van der Waals surface area contributed by atoms with Crippen LogP contribution in [-0.4, -0.2) is 45.2 Å². The Labute approximate surface area is 284 Å². The largest absolute Gasteiger partial charge is 0.462 e. The average Bonchev–Trinajstić information content (AvgIpc) is 2.92. The Hall–Kier alpha value is -3.25. The molecule has 0 spiro atoms. The molecule has 5 nitrogen and oxygen atoms in total. The molecule has 0 radical (unpaired) electrons. The van der Waals surface area contributed by atoms with Gasteiger partial charge >= 0.3 is 5.97 Å². The zero-order valence-corrected chi connectivity index (χ0v) is 30.7. The number of esters is 1. The Morgan fingerprint density at radius 1 is 0.723 bits per heavy atom. The van der Waals surface area contributed by atoms with E-state index in [1.54, 1.807) is 0 Å². The normalized spacial score (nSPS) is 29.7. The van der Waals surface area contributed by atoms with Crippen molar-refractivity contribution in [2.75, 3.05) is 0 Å². The van der Waals surface area contributed by atoms with Crippen molar-refractivity contribution < 1.29 is 24.9 Å². The predicted molar refractivity (Wildman–Crippen MR) is 197 cm³/mol. The molecule has 1 fully saturated rings. The molecule has 0 aliphatic heterocycles. The summed E-state index contributed by atoms with van der Waals surface area (Å²) in [5, 5.41) is 31.6. The van der Waals surface area contributed by atoms with E-state index in [2.05, 4.69) is 109 Å². The zero-order valence-electron chi connectivity index (χ0n) is 30.7. The van der Waals surface area contributed by atoms with E-state index in [0.717, 1.165) is 39.9 Å². The van der Waals surface area contributed by atoms with Gasteiger partial charge in [0.2, 0.25) is 0 Å². The van der Waals surface area contributed by atoms with E-state index in [1.807, 2.05) is 45.1 Å². The number of hydrogen-bond donors (Lipinski definition) is 3. The van der Waals surface area contributed by atoms with Crippen LogP contribution in [0.1, 0.15) is 95.4 Å². The van der Waals surface area contributed by atoms with Crippen LogP contribution in [0.3, 0.4) is 0 Å². The number of carbonyl (C=O) groups excluding carboxylic acids is 1. The molecular formula is C42H60O5. The lowest BCUT2D eigenvalue weighted by molar-refractivity contribution is -0.163. The fourth-order valence-corrected chi connectivity index (χ4v) is 6.89. The van der Waals surface area contributed by atoms with Crippen LogP contribution in [0, 0.1) is 16.7 Å². The number of hydrogen-bond acceptors (Lipinski definition) is 5. The average molecular weight is 645 g/mol. The molecule has 0 aromatic rings. The molecule has 2 aliphatic rings. The van der Waals surface area contributed by atoms with Gasteiger partial charge in [0.05, 0.1) is 11.7 Å². The van der Waals surface area contributed by atoms with E-state index in [9.17, 15) is 20.1 Å². The van der Waals surface area contributed by atoms with E-state index in [1.165, 1.54) is 6.92 Å². The SMILES string of the molecule is CC(=O)OC1CC(C)(C)C(C=CC(C)=CC=CC(C)=CC=CC=C(C)C=CC=C(C)C=CC2=C(C)C(O)C(O)CC2(C)C)C(C)(O)C1. The minimum Gasteiger partial charge on any atom is -0.462 e. The molecule has 0 aromatic heterocycles. The van der Waals surface area contributed by atoms with Gasteiger partial charge in [0.1, 0.15) is 12.2 Å². The zero-order chi connectivity index (χ0) is 35.6. The summed E-state index contributed by atoms with van der Waals surface area (Å²) in [6, 6.07) is 0. The third kappa shape index (κ3) is 12.7. The fourth-order valence-electron chi connectivity index (χ4n) is 6.89. The fraction of sp³-hybridized carbons (Fsp3) is 0.500. The maximum Gasteiger partial charge on any atom is 0.302 e. The van der Waals surface area contributed by atoms with Crippen molar-refractivity contribution in [1.82, 2.24) is 0 Å². The minimum atomic E-state index is -0.961. The summed E-state index contributed by atoms with van der Waals surface area (Å²) in [7, 11) is 0. The standard InChI is InChI=1S/C42H60O5/c1-29(18-14-20-31(3)22-24-36-33(5)39(45)37(44)28-40(36,7)8)16-12-13-17-30(2)19-15-21-32(4)23-25-38-41(9,10)26-35(47-34(6)43)27-42(38,11)46/h12-25,35,37-39,44-46H,26-28H2,1-11H3. The van der Waals surface area contributed by atoms with Crippen LogP contribution in [0.2, 0.25) is 0 Å². The first-order chi connectivity index (χ1) is 21.7. The Kier molecular flexibility index (Phi) is 14.6. The van der Waals surface area contributed by atoms with Crippen LogP contribution < -0.4 is 0 Å². The van der Waals surface area contributed by atoms with Crippen molar-refractivity contribution in [3.63, 3.8) is 0 Å². The second-order valence-corrected chi connectivity index (χ2v) is 15.1. The van der Waals surface area contributed by atoms with Gasteiger partial charge in [0.15, 0.2) is 0 Å². The van der Waals surface area contributed by atoms with Gasteiger partial charge in [0, 0.05) is 19.3 Å². The Morgan fingerprint density at radius 2 is 1.21 bits per heavy atom. The summed E-state index contributed by atoms with van der Waals surface area (Å²) < 4.78 is 5.44. The van der Waals surface area contributed by atoms with Crippen molar-refractivity contribution in [1.29, 1.82) is 0 Å². The Balaban J connectivity index is 1.94. The number of allylic oxidation sites excluding steroid dienone is 18. The summed E-state index contributed by atoms with van der Waals surface area (Å²) in [5.41, 5.74) is 5.02. The molecule has 3 N–H and O–H groups in total. The van der Waals surface area contributed by atoms with Crippen molar-refractivity contribution in [2.24, 2.45) is 16.7 Å². The molecule has 0 heterocycles. The topological polar surface area (TPSA) is 87.0 Å². The van der Waals surface area contributed by atoms with E-state index in [0.29, 0.717) is 12.8 Å². The molecule has 258 valence electrons. The first-order valence-corrected chi connectivity index (χ1v) is 16.8. The van der Waals surface area contributed by atoms with Crippen LogP contribution in [-0.2, 0) is 9.53 Å². The molecule has 0 amide bonds. The first kappa shape index (κ1) is 39.9. The highest BCUT2D eigenvalue weighted by Crippen LogP contribution is 2.48. The van der Waals surface area contributed by atoms with Gasteiger partial charge in [-0.3, -0.25) is 4.79 Å². The van der Waals surface area contributed by atoms with Crippen LogP contribution in [0.5, 0.6) is 0 Å². The summed E-state index contributed by atoms with van der Waals surface area (Å²) in [6.45, 7) is 21.8. The van der Waals surface area contributed by atoms with Crippen LogP contribution in [0.4, 0.5) is 0 Å². The van der Waals surface area contributed by atoms with E-state index >= 15 is 0 Å². The molecule has 2 rings (SSSR count). The van der Waals surface area contributed by atoms with Crippen molar-refractivity contribution in [2.45, 2.75) is 119 Å². The smallest absolute Gasteiger partial charge is 0.302 e. The van der Waals surface area contributed by atoms with Crippen LogP contribution in [0.15, 0.2) is 119 Å². The second kappa shape index (κ2) is 17.2. The van der Waals surface area contributed by atoms with Gasteiger partial charge in [-0.1, -0.05) is 135 Å². The lowest BCUT2D eigenvalue weighted by atomic mass is 9.61. The summed E-state index contributed by atoms with van der Waals surface area (Å²) in [5.74, 6) is -0.360. The van der Waals surface area contributed by atoms with Gasteiger partial charge in [-0.05, 0) is 76.4 Å². The van der Waals surface area contributed by atoms with E-state index in [-0.39, 0.29) is 28.8 Å². The van der Waals surface area contributed by atoms with Gasteiger partial charge in [-0.2, -0.15) is 0 Å². The Morgan fingerprint density at radius 3 is 1.72 bits per heavy atom. The molecule has 47 heavy (non-hydrogen) atoms. The molecule has 0 aromatic carbocycles. The van der Waals surface area contributed by atoms with Gasteiger partial charge in [0.25, 0.3) is 0 Å². The highest BCUT2D eigenvalue weighted by molar-refractivity contribution is 5.66. The van der Waals surface area contributed by atoms with E-state index < -0.39 is 17.8 Å². The maximum absolute atomic E-state index is 11.5. The molecule has 5 atom stereocenters.